The number of amides is 1. The van der Waals surface area contributed by atoms with Crippen LogP contribution in [0.25, 0.3) is 0 Å². The predicted molar refractivity (Wildman–Crippen MR) is 123 cm³/mol. The van der Waals surface area contributed by atoms with Crippen LogP contribution in [-0.4, -0.2) is 44.9 Å². The van der Waals surface area contributed by atoms with E-state index in [4.69, 9.17) is 39.5 Å². The van der Waals surface area contributed by atoms with Crippen molar-refractivity contribution in [2.75, 3.05) is 26.2 Å². The van der Waals surface area contributed by atoms with E-state index in [0.717, 1.165) is 0 Å². The Labute approximate surface area is 197 Å². The number of nitrogens with zero attached hydrogens (tertiary/aromatic N) is 1. The number of hydrogen-bond donors (Lipinski definition) is 1. The van der Waals surface area contributed by atoms with Gasteiger partial charge in [0.25, 0.3) is 0 Å². The summed E-state index contributed by atoms with van der Waals surface area (Å²) in [6.45, 7) is 1.04. The van der Waals surface area contributed by atoms with Crippen LogP contribution in [0.2, 0.25) is 15.1 Å². The summed E-state index contributed by atoms with van der Waals surface area (Å²) >= 11 is 18.3. The van der Waals surface area contributed by atoms with Crippen molar-refractivity contribution < 1.29 is 17.9 Å². The Morgan fingerprint density at radius 3 is 2.45 bits per heavy atom. The van der Waals surface area contributed by atoms with Gasteiger partial charge in [0.2, 0.25) is 15.9 Å². The Morgan fingerprint density at radius 2 is 1.74 bits per heavy atom. The molecule has 1 aliphatic rings. The van der Waals surface area contributed by atoms with E-state index in [0.29, 0.717) is 52.3 Å². The summed E-state index contributed by atoms with van der Waals surface area (Å²) in [5.74, 6) is -0.374. The molecular formula is C21H23Cl3N2O4S. The van der Waals surface area contributed by atoms with Gasteiger partial charge >= 0.3 is 0 Å². The monoisotopic (exact) mass is 504 g/mol. The van der Waals surface area contributed by atoms with Gasteiger partial charge in [0.15, 0.2) is 0 Å². The molecule has 0 aromatic heterocycles. The molecule has 3 rings (SSSR count). The van der Waals surface area contributed by atoms with Crippen molar-refractivity contribution in [3.05, 3.63) is 63.1 Å². The van der Waals surface area contributed by atoms with Gasteiger partial charge < -0.3 is 10.1 Å². The van der Waals surface area contributed by atoms with Crippen LogP contribution in [0.3, 0.4) is 0 Å². The first-order valence-corrected chi connectivity index (χ1v) is 12.6. The highest BCUT2D eigenvalue weighted by Gasteiger charge is 2.33. The lowest BCUT2D eigenvalue weighted by Crippen LogP contribution is -2.46. The van der Waals surface area contributed by atoms with Crippen molar-refractivity contribution >= 4 is 50.7 Å². The summed E-state index contributed by atoms with van der Waals surface area (Å²) in [5.41, 5.74) is 0.370. The molecule has 6 nitrogen and oxygen atoms in total. The first kappa shape index (κ1) is 24.1. The number of ether oxygens (including phenoxy) is 1. The van der Waals surface area contributed by atoms with Crippen molar-refractivity contribution in [2.24, 2.45) is 5.92 Å². The number of carbonyl (C=O) groups is 1. The van der Waals surface area contributed by atoms with E-state index in [9.17, 15) is 13.2 Å². The van der Waals surface area contributed by atoms with E-state index < -0.39 is 15.9 Å². The molecule has 0 bridgehead atoms. The second-order valence-electron chi connectivity index (χ2n) is 7.22. The minimum absolute atomic E-state index is 0.127. The van der Waals surface area contributed by atoms with E-state index in [2.05, 4.69) is 5.32 Å². The largest absolute Gasteiger partial charge is 0.490 e. The molecule has 0 spiro atoms. The third kappa shape index (κ3) is 6.49. The highest BCUT2D eigenvalue weighted by Crippen LogP contribution is 2.29. The fraction of sp³-hybridized carbons (Fsp3) is 0.381. The van der Waals surface area contributed by atoms with E-state index in [-0.39, 0.29) is 24.8 Å². The molecule has 0 aliphatic carbocycles. The molecule has 2 aromatic carbocycles. The second kappa shape index (κ2) is 10.9. The van der Waals surface area contributed by atoms with Crippen molar-refractivity contribution in [3.8, 4) is 5.75 Å². The molecule has 1 saturated heterocycles. The van der Waals surface area contributed by atoms with Gasteiger partial charge in [-0.3, -0.25) is 4.79 Å². The molecule has 2 aromatic rings. The second-order valence-corrected chi connectivity index (χ2v) is 10.4. The van der Waals surface area contributed by atoms with Crippen LogP contribution in [0.4, 0.5) is 0 Å². The summed E-state index contributed by atoms with van der Waals surface area (Å²) in [7, 11) is -3.67. The van der Waals surface area contributed by atoms with Gasteiger partial charge in [0.1, 0.15) is 12.4 Å². The number of sulfonamides is 1. The van der Waals surface area contributed by atoms with Crippen LogP contribution in [0.1, 0.15) is 18.4 Å². The van der Waals surface area contributed by atoms with Crippen LogP contribution in [-0.2, 0) is 20.6 Å². The smallest absolute Gasteiger partial charge is 0.224 e. The zero-order valence-electron chi connectivity index (χ0n) is 16.7. The zero-order chi connectivity index (χ0) is 22.4. The molecule has 168 valence electrons. The molecule has 10 heteroatoms. The normalized spacial score (nSPS) is 17.3. The SMILES string of the molecule is O=C(NCCOc1ccccc1Cl)C1CCCN(S(=O)(=O)Cc2c(Cl)cccc2Cl)C1. The van der Waals surface area contributed by atoms with E-state index in [1.54, 1.807) is 36.4 Å². The third-order valence-corrected chi connectivity index (χ3v) is 7.82. The van der Waals surface area contributed by atoms with E-state index >= 15 is 0 Å². The van der Waals surface area contributed by atoms with Crippen LogP contribution < -0.4 is 10.1 Å². The van der Waals surface area contributed by atoms with Gasteiger partial charge in [-0.05, 0) is 37.1 Å². The quantitative estimate of drug-likeness (QED) is 0.540. The molecule has 1 heterocycles. The summed E-state index contributed by atoms with van der Waals surface area (Å²) in [4.78, 5) is 12.6. The molecule has 31 heavy (non-hydrogen) atoms. The number of piperidine rings is 1. The Morgan fingerprint density at radius 1 is 1.06 bits per heavy atom. The Hall–Kier alpha value is -1.51. The van der Waals surface area contributed by atoms with Crippen molar-refractivity contribution in [3.63, 3.8) is 0 Å². The minimum Gasteiger partial charge on any atom is -0.490 e. The standard InChI is InChI=1S/C21H23Cl3N2O4S/c22-17-7-3-8-18(23)16(17)14-31(28,29)26-11-4-5-15(13-26)21(27)25-10-12-30-20-9-2-1-6-19(20)24/h1-3,6-9,15H,4-5,10-14H2,(H,25,27). The number of para-hydroxylation sites is 1. The molecule has 1 atom stereocenters. The van der Waals surface area contributed by atoms with Gasteiger partial charge in [-0.2, -0.15) is 0 Å². The Bertz CT molecular complexity index is 1010. The maximum atomic E-state index is 12.9. The molecule has 1 aliphatic heterocycles. The highest BCUT2D eigenvalue weighted by atomic mass is 35.5. The number of hydrogen-bond acceptors (Lipinski definition) is 4. The first-order valence-electron chi connectivity index (χ1n) is 9.83. The van der Waals surface area contributed by atoms with Gasteiger partial charge in [-0.15, -0.1) is 0 Å². The molecule has 1 N–H and O–H groups in total. The van der Waals surface area contributed by atoms with Crippen molar-refractivity contribution in [1.82, 2.24) is 9.62 Å². The lowest BCUT2D eigenvalue weighted by atomic mass is 9.99. The maximum Gasteiger partial charge on any atom is 0.224 e. The fourth-order valence-electron chi connectivity index (χ4n) is 3.39. The van der Waals surface area contributed by atoms with E-state index in [1.807, 2.05) is 6.07 Å². The van der Waals surface area contributed by atoms with Gasteiger partial charge in [0, 0.05) is 28.7 Å². The molecule has 0 radical (unpaired) electrons. The number of halogens is 3. The number of benzene rings is 2. The van der Waals surface area contributed by atoms with Gasteiger partial charge in [-0.25, -0.2) is 12.7 Å². The lowest BCUT2D eigenvalue weighted by molar-refractivity contribution is -0.126. The number of nitrogens with one attached hydrogen (secondary N) is 1. The zero-order valence-corrected chi connectivity index (χ0v) is 19.8. The van der Waals surface area contributed by atoms with Gasteiger partial charge in [0.05, 0.1) is 23.2 Å². The molecular weight excluding hydrogens is 483 g/mol. The topological polar surface area (TPSA) is 75.7 Å². The lowest BCUT2D eigenvalue weighted by Gasteiger charge is -2.31. The van der Waals surface area contributed by atoms with Crippen LogP contribution in [0, 0.1) is 5.92 Å². The van der Waals surface area contributed by atoms with Gasteiger partial charge in [-0.1, -0.05) is 53.0 Å². The van der Waals surface area contributed by atoms with Crippen LogP contribution in [0.15, 0.2) is 42.5 Å². The fourth-order valence-corrected chi connectivity index (χ4v) is 5.95. The molecule has 1 fully saturated rings. The summed E-state index contributed by atoms with van der Waals surface area (Å²) < 4.78 is 32.8. The number of rotatable bonds is 8. The van der Waals surface area contributed by atoms with E-state index in [1.165, 1.54) is 4.31 Å². The highest BCUT2D eigenvalue weighted by molar-refractivity contribution is 7.88. The van der Waals surface area contributed by atoms with Crippen molar-refractivity contribution in [2.45, 2.75) is 18.6 Å². The predicted octanol–water partition coefficient (Wildman–Crippen LogP) is 4.38. The van der Waals surface area contributed by atoms with Crippen LogP contribution in [0.5, 0.6) is 5.75 Å². The Kier molecular flexibility index (Phi) is 8.47. The third-order valence-electron chi connectivity index (χ3n) is 5.03. The average Bonchev–Trinajstić information content (AvgIpc) is 2.75. The summed E-state index contributed by atoms with van der Waals surface area (Å²) in [5, 5.41) is 3.92. The Balaban J connectivity index is 1.53. The molecule has 1 unspecified atom stereocenters. The molecule has 0 saturated carbocycles. The maximum absolute atomic E-state index is 12.9. The molecule has 1 amide bonds. The summed E-state index contributed by atoms with van der Waals surface area (Å²) in [6.07, 6.45) is 1.22. The minimum atomic E-state index is -3.67. The summed E-state index contributed by atoms with van der Waals surface area (Å²) in [6, 6.07) is 12.0. The average molecular weight is 506 g/mol. The number of carbonyl (C=O) groups excluding carboxylic acids is 1. The first-order chi connectivity index (χ1) is 14.8. The van der Waals surface area contributed by atoms with Crippen molar-refractivity contribution in [1.29, 1.82) is 0 Å². The van der Waals surface area contributed by atoms with Crippen LogP contribution >= 0.6 is 34.8 Å².